The quantitative estimate of drug-likeness (QED) is 0.0251. The highest BCUT2D eigenvalue weighted by Crippen LogP contribution is 2.03. The van der Waals surface area contributed by atoms with E-state index in [-0.39, 0.29) is 12.5 Å². The van der Waals surface area contributed by atoms with Gasteiger partial charge in [0.25, 0.3) is 0 Å². The molecule has 0 aliphatic rings. The van der Waals surface area contributed by atoms with Crippen molar-refractivity contribution in [2.45, 2.75) is 64.8 Å². The Morgan fingerprint density at radius 3 is 1.65 bits per heavy atom. The molecule has 1 amide bonds. The molecule has 0 rings (SSSR count). The Morgan fingerprint density at radius 1 is 0.674 bits per heavy atom. The minimum Gasteiger partial charge on any atom is -0.459 e. The van der Waals surface area contributed by atoms with Crippen molar-refractivity contribution in [2.75, 3.05) is 124 Å². The second-order valence-electron chi connectivity index (χ2n) is 11.8. The van der Waals surface area contributed by atoms with Crippen LogP contribution in [0.2, 0.25) is 0 Å². The zero-order valence-electron chi connectivity index (χ0n) is 29.2. The number of nitrogens with one attached hydrogen (secondary N) is 4. The van der Waals surface area contributed by atoms with E-state index in [1.807, 2.05) is 0 Å². The van der Waals surface area contributed by atoms with E-state index in [4.69, 9.17) is 21.9 Å². The van der Waals surface area contributed by atoms with Crippen LogP contribution in [-0.2, 0) is 14.3 Å². The molecule has 15 heteroatoms. The lowest BCUT2D eigenvalue weighted by molar-refractivity contribution is -0.156. The normalized spacial score (nSPS) is 13.8. The SMILES string of the molecule is CCCCCC(=O)NCCNCCN(CCNCCN(CCN)CCNCC(=O)O[C@@H](C)[C@H](O)[C@H](C)O)CCN(CCN)CCN. The molecule has 0 radical (unpaired) electrons. The Morgan fingerprint density at radius 2 is 1.15 bits per heavy atom. The highest BCUT2D eigenvalue weighted by molar-refractivity contribution is 5.75. The number of nitrogens with two attached hydrogens (primary N) is 3. The molecular weight excluding hydrogens is 592 g/mol. The Balaban J connectivity index is 4.48. The molecule has 0 fully saturated rings. The third kappa shape index (κ3) is 25.6. The van der Waals surface area contributed by atoms with Gasteiger partial charge in [-0.05, 0) is 20.3 Å². The number of aliphatic hydroxyl groups excluding tert-OH is 2. The van der Waals surface area contributed by atoms with Gasteiger partial charge in [-0.15, -0.1) is 0 Å². The van der Waals surface area contributed by atoms with Crippen LogP contribution in [0.5, 0.6) is 0 Å². The van der Waals surface area contributed by atoms with Crippen molar-refractivity contribution in [2.24, 2.45) is 17.2 Å². The molecule has 0 spiro atoms. The number of ether oxygens (including phenoxy) is 1. The number of carbonyl (C=O) groups is 2. The molecule has 0 aliphatic carbocycles. The number of hydrogen-bond donors (Lipinski definition) is 9. The molecule has 15 nitrogen and oxygen atoms in total. The van der Waals surface area contributed by atoms with Crippen LogP contribution in [-0.4, -0.2) is 179 Å². The first kappa shape index (κ1) is 44.5. The molecule has 0 aliphatic heterocycles. The molecule has 3 atom stereocenters. The third-order valence-electron chi connectivity index (χ3n) is 7.68. The summed E-state index contributed by atoms with van der Waals surface area (Å²) < 4.78 is 5.17. The summed E-state index contributed by atoms with van der Waals surface area (Å²) in [6.45, 7) is 19.0. The number of rotatable bonds is 33. The Hall–Kier alpha value is -1.50. The summed E-state index contributed by atoms with van der Waals surface area (Å²) in [5.41, 5.74) is 17.4. The van der Waals surface area contributed by atoms with Crippen LogP contribution in [0.3, 0.4) is 0 Å². The topological polar surface area (TPSA) is 220 Å². The van der Waals surface area contributed by atoms with Crippen LogP contribution < -0.4 is 38.5 Å². The van der Waals surface area contributed by atoms with Gasteiger partial charge in [-0.3, -0.25) is 24.3 Å². The van der Waals surface area contributed by atoms with Gasteiger partial charge < -0.3 is 53.4 Å². The van der Waals surface area contributed by atoms with Crippen molar-refractivity contribution < 1.29 is 24.5 Å². The van der Waals surface area contributed by atoms with Crippen molar-refractivity contribution in [3.05, 3.63) is 0 Å². The van der Waals surface area contributed by atoms with Crippen molar-refractivity contribution in [1.82, 2.24) is 36.0 Å². The molecule has 0 saturated carbocycles. The number of aliphatic hydroxyl groups is 2. The zero-order chi connectivity index (χ0) is 34.4. The van der Waals surface area contributed by atoms with Crippen molar-refractivity contribution in [1.29, 1.82) is 0 Å². The number of esters is 1. The molecule has 46 heavy (non-hydrogen) atoms. The van der Waals surface area contributed by atoms with Crippen LogP contribution in [0.4, 0.5) is 0 Å². The summed E-state index contributed by atoms with van der Waals surface area (Å²) in [6, 6.07) is 0. The number of hydrogen-bond acceptors (Lipinski definition) is 14. The predicted octanol–water partition coefficient (Wildman–Crippen LogP) is -3.09. The van der Waals surface area contributed by atoms with E-state index in [1.54, 1.807) is 6.92 Å². The van der Waals surface area contributed by atoms with E-state index in [1.165, 1.54) is 6.92 Å². The number of nitrogens with zero attached hydrogens (tertiary/aromatic N) is 3. The monoisotopic (exact) mass is 663 g/mol. The van der Waals surface area contributed by atoms with E-state index in [9.17, 15) is 19.8 Å². The van der Waals surface area contributed by atoms with E-state index in [0.29, 0.717) is 39.1 Å². The number of unbranched alkanes of at least 4 members (excludes halogenated alkanes) is 2. The van der Waals surface area contributed by atoms with E-state index in [2.05, 4.69) is 42.9 Å². The van der Waals surface area contributed by atoms with E-state index >= 15 is 0 Å². The summed E-state index contributed by atoms with van der Waals surface area (Å²) in [6.07, 6.45) is 0.884. The molecule has 0 saturated heterocycles. The first-order valence-electron chi connectivity index (χ1n) is 17.4. The molecule has 0 unspecified atom stereocenters. The summed E-state index contributed by atoms with van der Waals surface area (Å²) in [5, 5.41) is 32.3. The molecular formula is C31H70N10O5. The molecule has 0 aromatic heterocycles. The fourth-order valence-corrected chi connectivity index (χ4v) is 4.85. The molecule has 0 aromatic carbocycles. The van der Waals surface area contributed by atoms with Gasteiger partial charge in [0.2, 0.25) is 5.91 Å². The summed E-state index contributed by atoms with van der Waals surface area (Å²) in [4.78, 5) is 30.9. The van der Waals surface area contributed by atoms with Crippen LogP contribution in [0.1, 0.15) is 46.5 Å². The maximum Gasteiger partial charge on any atom is 0.320 e. The number of carbonyl (C=O) groups excluding carboxylic acids is 2. The average molecular weight is 663 g/mol. The minimum absolute atomic E-state index is 0.0257. The van der Waals surface area contributed by atoms with Gasteiger partial charge in [0.05, 0.1) is 12.6 Å². The van der Waals surface area contributed by atoms with Gasteiger partial charge in [-0.1, -0.05) is 19.8 Å². The maximum absolute atomic E-state index is 12.0. The lowest BCUT2D eigenvalue weighted by Gasteiger charge is -2.28. The van der Waals surface area contributed by atoms with Gasteiger partial charge in [-0.2, -0.15) is 0 Å². The lowest BCUT2D eigenvalue weighted by atomic mass is 10.1. The first-order chi connectivity index (χ1) is 22.2. The van der Waals surface area contributed by atoms with E-state index < -0.39 is 24.3 Å². The second-order valence-corrected chi connectivity index (χ2v) is 11.8. The summed E-state index contributed by atoms with van der Waals surface area (Å²) in [5.74, 6) is -0.345. The van der Waals surface area contributed by atoms with Gasteiger partial charge in [0, 0.05) is 124 Å². The molecule has 0 heterocycles. The van der Waals surface area contributed by atoms with Crippen LogP contribution in [0, 0.1) is 0 Å². The molecule has 274 valence electrons. The van der Waals surface area contributed by atoms with Crippen molar-refractivity contribution >= 4 is 11.9 Å². The van der Waals surface area contributed by atoms with Gasteiger partial charge in [0.15, 0.2) is 0 Å². The maximum atomic E-state index is 12.0. The largest absolute Gasteiger partial charge is 0.459 e. The van der Waals surface area contributed by atoms with Crippen molar-refractivity contribution in [3.8, 4) is 0 Å². The number of amides is 1. The summed E-state index contributed by atoms with van der Waals surface area (Å²) >= 11 is 0. The van der Waals surface area contributed by atoms with Crippen molar-refractivity contribution in [3.63, 3.8) is 0 Å². The second kappa shape index (κ2) is 30.8. The molecule has 0 aromatic rings. The van der Waals surface area contributed by atoms with Crippen LogP contribution in [0.25, 0.3) is 0 Å². The Bertz CT molecular complexity index is 719. The van der Waals surface area contributed by atoms with Crippen LogP contribution in [0.15, 0.2) is 0 Å². The minimum atomic E-state index is -1.12. The predicted molar refractivity (Wildman–Crippen MR) is 185 cm³/mol. The highest BCUT2D eigenvalue weighted by Gasteiger charge is 2.22. The fourth-order valence-electron chi connectivity index (χ4n) is 4.85. The first-order valence-corrected chi connectivity index (χ1v) is 17.4. The van der Waals surface area contributed by atoms with Gasteiger partial charge >= 0.3 is 5.97 Å². The van der Waals surface area contributed by atoms with Crippen LogP contribution >= 0.6 is 0 Å². The fraction of sp³-hybridized carbons (Fsp3) is 0.935. The summed E-state index contributed by atoms with van der Waals surface area (Å²) in [7, 11) is 0. The molecule has 0 bridgehead atoms. The Kier molecular flexibility index (Phi) is 29.8. The average Bonchev–Trinajstić information content (AvgIpc) is 3.02. The zero-order valence-corrected chi connectivity index (χ0v) is 29.2. The third-order valence-corrected chi connectivity index (χ3v) is 7.68. The Labute approximate surface area is 278 Å². The van der Waals surface area contributed by atoms with Gasteiger partial charge in [-0.25, -0.2) is 0 Å². The highest BCUT2D eigenvalue weighted by atomic mass is 16.6. The van der Waals surface area contributed by atoms with E-state index in [0.717, 1.165) is 104 Å². The standard InChI is InChI=1S/C31H70N10O5/c1-4-5-6-7-29(43)38-12-11-35-13-21-41(25-24-39(17-8-32)18-9-33)22-15-36-14-20-40(19-10-34)23-16-37-26-30(44)46-28(3)31(45)27(2)42/h27-28,31,35-37,42,45H,4-26,32-34H2,1-3H3,(H,38,43)/t27-,28-,31+/m0/s1. The molecule has 12 N–H and O–H groups in total. The smallest absolute Gasteiger partial charge is 0.320 e. The lowest BCUT2D eigenvalue weighted by Crippen LogP contribution is -2.45. The van der Waals surface area contributed by atoms with Gasteiger partial charge in [0.1, 0.15) is 12.2 Å².